The molecule has 1 aliphatic carbocycles. The van der Waals surface area contributed by atoms with Gasteiger partial charge in [0.05, 0.1) is 16.3 Å². The van der Waals surface area contributed by atoms with Gasteiger partial charge in [-0.2, -0.15) is 0 Å². The number of halogens is 3. The Balaban J connectivity index is 1.63. The van der Waals surface area contributed by atoms with E-state index in [2.05, 4.69) is 18.2 Å². The zero-order chi connectivity index (χ0) is 23.4. The molecule has 34 heavy (non-hydrogen) atoms. The van der Waals surface area contributed by atoms with Gasteiger partial charge < -0.3 is 0 Å². The molecular weight excluding hydrogens is 507 g/mol. The van der Waals surface area contributed by atoms with Crippen molar-refractivity contribution in [3.63, 3.8) is 0 Å². The lowest BCUT2D eigenvalue weighted by Gasteiger charge is -2.30. The molecule has 3 nitrogen and oxygen atoms in total. The average molecular weight is 524 g/mol. The summed E-state index contributed by atoms with van der Waals surface area (Å²) in [4.78, 5) is 19.4. The number of aromatic nitrogens is 1. The first-order valence-electron chi connectivity index (χ1n) is 10.8. The molecule has 0 bridgehead atoms. The monoisotopic (exact) mass is 522 g/mol. The van der Waals surface area contributed by atoms with Gasteiger partial charge in [-0.15, -0.1) is 0 Å². The number of benzene rings is 3. The molecule has 3 aromatic carbocycles. The smallest absolute Gasteiger partial charge is 0.271 e. The van der Waals surface area contributed by atoms with Crippen LogP contribution < -0.4 is 14.9 Å². The molecular formula is C27H17Cl3N2OS. The van der Waals surface area contributed by atoms with E-state index in [9.17, 15) is 4.79 Å². The van der Waals surface area contributed by atoms with Crippen LogP contribution in [0.2, 0.25) is 15.1 Å². The van der Waals surface area contributed by atoms with E-state index in [0.717, 1.165) is 40.8 Å². The predicted molar refractivity (Wildman–Crippen MR) is 141 cm³/mol. The topological polar surface area (TPSA) is 34.4 Å². The fourth-order valence-electron chi connectivity index (χ4n) is 4.73. The highest BCUT2D eigenvalue weighted by atomic mass is 35.5. The number of hydrogen-bond donors (Lipinski definition) is 0. The van der Waals surface area contributed by atoms with Crippen LogP contribution in [0.1, 0.15) is 34.7 Å². The number of thiazole rings is 1. The number of aryl methyl sites for hydroxylation is 1. The fraction of sp³-hybridized carbons (Fsp3) is 0.111. The Kier molecular flexibility index (Phi) is 5.50. The highest BCUT2D eigenvalue weighted by Crippen LogP contribution is 2.41. The maximum Gasteiger partial charge on any atom is 0.271 e. The molecule has 0 spiro atoms. The van der Waals surface area contributed by atoms with Gasteiger partial charge in [0, 0.05) is 20.6 Å². The minimum absolute atomic E-state index is 0.0832. The maximum absolute atomic E-state index is 13.7. The van der Waals surface area contributed by atoms with Gasteiger partial charge in [-0.25, -0.2) is 4.99 Å². The van der Waals surface area contributed by atoms with E-state index in [4.69, 9.17) is 39.8 Å². The Morgan fingerprint density at radius 3 is 2.50 bits per heavy atom. The summed E-state index contributed by atoms with van der Waals surface area (Å²) >= 11 is 20.0. The van der Waals surface area contributed by atoms with Crippen LogP contribution >= 0.6 is 46.1 Å². The lowest BCUT2D eigenvalue weighted by Crippen LogP contribution is -2.38. The third-order valence-corrected chi connectivity index (χ3v) is 8.11. The Morgan fingerprint density at radius 2 is 1.71 bits per heavy atom. The van der Waals surface area contributed by atoms with Gasteiger partial charge in [-0.3, -0.25) is 9.36 Å². The zero-order valence-corrected chi connectivity index (χ0v) is 20.8. The van der Waals surface area contributed by atoms with Crippen molar-refractivity contribution < 1.29 is 0 Å². The summed E-state index contributed by atoms with van der Waals surface area (Å²) in [5.41, 5.74) is 6.23. The molecule has 0 fully saturated rings. The van der Waals surface area contributed by atoms with E-state index in [1.54, 1.807) is 12.1 Å². The first kappa shape index (κ1) is 21.9. The molecule has 1 aromatic heterocycles. The summed E-state index contributed by atoms with van der Waals surface area (Å²) in [6.45, 7) is 0. The molecule has 7 heteroatoms. The van der Waals surface area contributed by atoms with Crippen molar-refractivity contribution in [2.24, 2.45) is 4.99 Å². The van der Waals surface area contributed by atoms with Crippen molar-refractivity contribution >= 4 is 57.9 Å². The van der Waals surface area contributed by atoms with Crippen molar-refractivity contribution in [1.82, 2.24) is 4.57 Å². The van der Waals surface area contributed by atoms with Gasteiger partial charge in [-0.1, -0.05) is 88.6 Å². The van der Waals surface area contributed by atoms with Gasteiger partial charge in [0.15, 0.2) is 4.80 Å². The third-order valence-electron chi connectivity index (χ3n) is 6.31. The minimum atomic E-state index is -0.236. The first-order chi connectivity index (χ1) is 16.5. The van der Waals surface area contributed by atoms with E-state index >= 15 is 0 Å². The van der Waals surface area contributed by atoms with Gasteiger partial charge in [-0.05, 0) is 65.4 Å². The Labute approximate surface area is 214 Å². The third kappa shape index (κ3) is 3.66. The molecule has 0 amide bonds. The molecule has 4 aromatic rings. The number of rotatable bonds is 2. The molecule has 6 rings (SSSR count). The largest absolute Gasteiger partial charge is 0.272 e. The summed E-state index contributed by atoms with van der Waals surface area (Å²) in [7, 11) is 0. The van der Waals surface area contributed by atoms with Crippen LogP contribution in [-0.4, -0.2) is 4.57 Å². The van der Waals surface area contributed by atoms with E-state index in [1.807, 2.05) is 47.0 Å². The van der Waals surface area contributed by atoms with Crippen LogP contribution in [0.25, 0.3) is 11.8 Å². The zero-order valence-electron chi connectivity index (χ0n) is 17.8. The number of allylic oxidation sites excluding steroid dienone is 1. The molecule has 1 atom stereocenters. The highest BCUT2D eigenvalue weighted by Gasteiger charge is 2.32. The maximum atomic E-state index is 13.7. The van der Waals surface area contributed by atoms with Crippen molar-refractivity contribution in [2.75, 3.05) is 0 Å². The Morgan fingerprint density at radius 1 is 0.941 bits per heavy atom. The van der Waals surface area contributed by atoms with Gasteiger partial charge in [0.25, 0.3) is 5.56 Å². The molecule has 0 saturated carbocycles. The van der Waals surface area contributed by atoms with Crippen molar-refractivity contribution in [2.45, 2.75) is 18.9 Å². The summed E-state index contributed by atoms with van der Waals surface area (Å²) in [6, 6.07) is 21.1. The van der Waals surface area contributed by atoms with Crippen molar-refractivity contribution in [3.8, 4) is 0 Å². The molecule has 0 N–H and O–H groups in total. The normalized spacial score (nSPS) is 17.1. The second kappa shape index (κ2) is 8.54. The SMILES string of the molecule is O=c1/c(=C\c2ccc(Cl)cc2Cl)sc2n1[C@@H](c1ccc(Cl)cc1)C1=C(N=2)c2ccccc2CC1. The van der Waals surface area contributed by atoms with Crippen LogP contribution in [0.3, 0.4) is 0 Å². The second-order valence-electron chi connectivity index (χ2n) is 8.33. The Hall–Kier alpha value is -2.63. The van der Waals surface area contributed by atoms with E-state index in [-0.39, 0.29) is 11.6 Å². The molecule has 0 saturated heterocycles. The molecule has 2 heterocycles. The molecule has 0 radical (unpaired) electrons. The minimum Gasteiger partial charge on any atom is -0.272 e. The van der Waals surface area contributed by atoms with E-state index < -0.39 is 0 Å². The lowest BCUT2D eigenvalue weighted by atomic mass is 9.83. The number of fused-ring (bicyclic) bond motifs is 3. The summed E-state index contributed by atoms with van der Waals surface area (Å²) in [5, 5.41) is 1.72. The van der Waals surface area contributed by atoms with Crippen LogP contribution in [-0.2, 0) is 6.42 Å². The molecule has 168 valence electrons. The molecule has 2 aliphatic rings. The molecule has 1 aliphatic heterocycles. The van der Waals surface area contributed by atoms with Crippen LogP contribution in [0.5, 0.6) is 0 Å². The Bertz CT molecular complexity index is 1670. The van der Waals surface area contributed by atoms with Gasteiger partial charge in [0.1, 0.15) is 0 Å². The van der Waals surface area contributed by atoms with E-state index in [0.29, 0.717) is 24.4 Å². The first-order valence-corrected chi connectivity index (χ1v) is 12.8. The highest BCUT2D eigenvalue weighted by molar-refractivity contribution is 7.07. The molecule has 0 unspecified atom stereocenters. The van der Waals surface area contributed by atoms with E-state index in [1.165, 1.54) is 16.9 Å². The number of hydrogen-bond acceptors (Lipinski definition) is 3. The van der Waals surface area contributed by atoms with Gasteiger partial charge in [0.2, 0.25) is 0 Å². The van der Waals surface area contributed by atoms with Crippen LogP contribution in [0.4, 0.5) is 0 Å². The summed E-state index contributed by atoms with van der Waals surface area (Å²) < 4.78 is 2.39. The number of nitrogens with zero attached hydrogens (tertiary/aromatic N) is 2. The van der Waals surface area contributed by atoms with Crippen molar-refractivity contribution in [1.29, 1.82) is 0 Å². The predicted octanol–water partition coefficient (Wildman–Crippen LogP) is 6.28. The summed E-state index contributed by atoms with van der Waals surface area (Å²) in [5.74, 6) is 0. The van der Waals surface area contributed by atoms with Gasteiger partial charge >= 0.3 is 0 Å². The fourth-order valence-corrected chi connectivity index (χ4v) is 6.31. The lowest BCUT2D eigenvalue weighted by molar-refractivity contribution is 0.585. The average Bonchev–Trinajstić information content (AvgIpc) is 3.15. The quantitative estimate of drug-likeness (QED) is 0.304. The van der Waals surface area contributed by atoms with Crippen molar-refractivity contribution in [3.05, 3.63) is 129 Å². The summed E-state index contributed by atoms with van der Waals surface area (Å²) in [6.07, 6.45) is 3.58. The standard InChI is InChI=1S/C27H17Cl3N2OS/c28-18-9-5-16(6-10-18)25-21-12-8-15-3-1-2-4-20(15)24(21)31-27-32(25)26(33)23(34-27)13-17-7-11-19(29)14-22(17)30/h1-7,9-11,13-14,25H,8,12H2/b23-13+/t25-/m0/s1. The van der Waals surface area contributed by atoms with Crippen LogP contribution in [0.15, 0.2) is 82.1 Å². The van der Waals surface area contributed by atoms with Crippen LogP contribution in [0, 0.1) is 0 Å². The second-order valence-corrected chi connectivity index (χ2v) is 10.6.